The average Bonchev–Trinajstić information content (AvgIpc) is 2.74. The van der Waals surface area contributed by atoms with E-state index in [1.165, 1.54) is 34.4 Å². The first-order valence-corrected chi connectivity index (χ1v) is 10.7. The lowest BCUT2D eigenvalue weighted by molar-refractivity contribution is 0.0696. The Balaban J connectivity index is 1.70. The van der Waals surface area contributed by atoms with E-state index in [4.69, 9.17) is 5.11 Å². The number of nitrogens with one attached hydrogen (secondary N) is 1. The van der Waals surface area contributed by atoms with E-state index >= 15 is 0 Å². The number of rotatable bonds is 4. The van der Waals surface area contributed by atoms with Crippen LogP contribution in [-0.4, -0.2) is 17.0 Å². The predicted octanol–water partition coefficient (Wildman–Crippen LogP) is 6.37. The van der Waals surface area contributed by atoms with Crippen LogP contribution in [0.25, 0.3) is 5.57 Å². The first kappa shape index (κ1) is 21.6. The summed E-state index contributed by atoms with van der Waals surface area (Å²) in [6, 6.07) is 18.5. The minimum Gasteiger partial charge on any atom is -0.478 e. The molecule has 0 aromatic heterocycles. The molecule has 0 unspecified atom stereocenters. The maximum Gasteiger partial charge on any atom is 0.335 e. The second-order valence-corrected chi connectivity index (χ2v) is 9.12. The van der Waals surface area contributed by atoms with Crippen molar-refractivity contribution in [3.63, 3.8) is 0 Å². The van der Waals surface area contributed by atoms with Gasteiger partial charge >= 0.3 is 5.97 Å². The van der Waals surface area contributed by atoms with Gasteiger partial charge in [-0.25, -0.2) is 4.79 Å². The number of carbonyl (C=O) groups is 2. The zero-order chi connectivity index (χ0) is 23.0. The summed E-state index contributed by atoms with van der Waals surface area (Å²) in [4.78, 5) is 24.0. The van der Waals surface area contributed by atoms with Crippen LogP contribution < -0.4 is 5.32 Å². The lowest BCUT2D eigenvalue weighted by atomic mass is 9.71. The molecule has 0 saturated heterocycles. The second kappa shape index (κ2) is 8.12. The normalized spacial score (nSPS) is 14.3. The molecule has 4 nitrogen and oxygen atoms in total. The number of anilines is 1. The van der Waals surface area contributed by atoms with Gasteiger partial charge in [-0.1, -0.05) is 49.8 Å². The molecule has 3 aromatic rings. The molecule has 0 radical (unpaired) electrons. The van der Waals surface area contributed by atoms with E-state index in [1.54, 1.807) is 12.1 Å². The lowest BCUT2D eigenvalue weighted by Gasteiger charge is -2.33. The van der Waals surface area contributed by atoms with Gasteiger partial charge in [0.25, 0.3) is 5.91 Å². The third-order valence-electron chi connectivity index (χ3n) is 6.18. The van der Waals surface area contributed by atoms with Crippen molar-refractivity contribution < 1.29 is 14.7 Å². The maximum absolute atomic E-state index is 13.0. The van der Waals surface area contributed by atoms with E-state index < -0.39 is 5.97 Å². The van der Waals surface area contributed by atoms with Crippen molar-refractivity contribution >= 4 is 23.1 Å². The molecule has 0 spiro atoms. The van der Waals surface area contributed by atoms with Crippen LogP contribution in [0.4, 0.5) is 5.69 Å². The summed E-state index contributed by atoms with van der Waals surface area (Å²) in [5.41, 5.74) is 8.41. The number of amides is 1. The molecule has 4 rings (SSSR count). The van der Waals surface area contributed by atoms with Gasteiger partial charge in [0.15, 0.2) is 0 Å². The summed E-state index contributed by atoms with van der Waals surface area (Å²) in [5.74, 6) is -1.22. The number of allylic oxidation sites excluding steroid dienone is 1. The smallest absolute Gasteiger partial charge is 0.335 e. The molecule has 4 heteroatoms. The first-order chi connectivity index (χ1) is 15.2. The highest BCUT2D eigenvalue weighted by Gasteiger charge is 2.29. The van der Waals surface area contributed by atoms with E-state index in [2.05, 4.69) is 63.4 Å². The van der Waals surface area contributed by atoms with E-state index in [9.17, 15) is 9.59 Å². The number of carboxylic acid groups (broad SMARTS) is 1. The fourth-order valence-corrected chi connectivity index (χ4v) is 4.35. The highest BCUT2D eigenvalue weighted by atomic mass is 16.4. The fourth-order valence-electron chi connectivity index (χ4n) is 4.35. The molecule has 0 saturated carbocycles. The van der Waals surface area contributed by atoms with Gasteiger partial charge in [-0.15, -0.1) is 0 Å². The van der Waals surface area contributed by atoms with Crippen LogP contribution in [-0.2, 0) is 5.41 Å². The average molecular weight is 426 g/mol. The third-order valence-corrected chi connectivity index (χ3v) is 6.18. The number of carboxylic acids is 1. The van der Waals surface area contributed by atoms with Gasteiger partial charge in [-0.3, -0.25) is 4.79 Å². The minimum atomic E-state index is -0.995. The molecule has 0 atom stereocenters. The van der Waals surface area contributed by atoms with Crippen molar-refractivity contribution in [2.75, 3.05) is 5.32 Å². The highest BCUT2D eigenvalue weighted by molar-refractivity contribution is 6.05. The van der Waals surface area contributed by atoms with Crippen LogP contribution >= 0.6 is 0 Å². The van der Waals surface area contributed by atoms with Crippen molar-refractivity contribution in [1.29, 1.82) is 0 Å². The van der Waals surface area contributed by atoms with Gasteiger partial charge in [0.05, 0.1) is 5.56 Å². The molecule has 32 heavy (non-hydrogen) atoms. The lowest BCUT2D eigenvalue weighted by Crippen LogP contribution is -2.23. The number of benzene rings is 3. The number of carbonyl (C=O) groups excluding carboxylic acids is 1. The van der Waals surface area contributed by atoms with E-state index in [0.717, 1.165) is 17.6 Å². The summed E-state index contributed by atoms with van der Waals surface area (Å²) in [6.45, 7) is 8.67. The minimum absolute atomic E-state index is 0.0148. The summed E-state index contributed by atoms with van der Waals surface area (Å²) in [7, 11) is 0. The van der Waals surface area contributed by atoms with Crippen molar-refractivity contribution in [2.24, 2.45) is 0 Å². The monoisotopic (exact) mass is 425 g/mol. The van der Waals surface area contributed by atoms with E-state index in [1.807, 2.05) is 12.1 Å². The van der Waals surface area contributed by atoms with Crippen LogP contribution in [0.1, 0.15) is 68.8 Å². The third kappa shape index (κ3) is 4.09. The van der Waals surface area contributed by atoms with Crippen LogP contribution in [0.3, 0.4) is 0 Å². The fraction of sp³-hybridized carbons (Fsp3) is 0.214. The zero-order valence-electron chi connectivity index (χ0n) is 18.8. The van der Waals surface area contributed by atoms with Crippen molar-refractivity contribution in [2.45, 2.75) is 39.5 Å². The molecule has 0 bridgehead atoms. The molecule has 3 aromatic carbocycles. The molecule has 0 heterocycles. The Morgan fingerprint density at radius 2 is 1.56 bits per heavy atom. The van der Waals surface area contributed by atoms with Crippen molar-refractivity contribution in [3.8, 4) is 0 Å². The summed E-state index contributed by atoms with van der Waals surface area (Å²) >= 11 is 0. The SMILES string of the molecule is Cc1ccc(C2=CCC(C)(C)c3ccc(C(=O)Nc4ccc(C(=O)O)cc4)cc32)c(C)c1. The van der Waals surface area contributed by atoms with Gasteiger partial charge < -0.3 is 10.4 Å². The zero-order valence-corrected chi connectivity index (χ0v) is 18.8. The second-order valence-electron chi connectivity index (χ2n) is 9.12. The largest absolute Gasteiger partial charge is 0.478 e. The predicted molar refractivity (Wildman–Crippen MR) is 128 cm³/mol. The van der Waals surface area contributed by atoms with E-state index in [0.29, 0.717) is 11.3 Å². The number of fused-ring (bicyclic) bond motifs is 1. The molecular weight excluding hydrogens is 398 g/mol. The molecule has 162 valence electrons. The number of aryl methyl sites for hydroxylation is 2. The highest BCUT2D eigenvalue weighted by Crippen LogP contribution is 2.42. The van der Waals surface area contributed by atoms with E-state index in [-0.39, 0.29) is 16.9 Å². The van der Waals surface area contributed by atoms with Crippen LogP contribution in [0.5, 0.6) is 0 Å². The summed E-state index contributed by atoms with van der Waals surface area (Å²) in [6.07, 6.45) is 3.22. The molecular formula is C28H27NO3. The summed E-state index contributed by atoms with van der Waals surface area (Å²) < 4.78 is 0. The van der Waals surface area contributed by atoms with Gasteiger partial charge in [-0.2, -0.15) is 0 Å². The van der Waals surface area contributed by atoms with Gasteiger partial charge in [0.2, 0.25) is 0 Å². The van der Waals surface area contributed by atoms with Crippen LogP contribution in [0.2, 0.25) is 0 Å². The Kier molecular flexibility index (Phi) is 5.47. The molecule has 1 aliphatic carbocycles. The van der Waals surface area contributed by atoms with Gasteiger partial charge in [0, 0.05) is 11.3 Å². The molecule has 2 N–H and O–H groups in total. The van der Waals surface area contributed by atoms with Crippen LogP contribution in [0.15, 0.2) is 66.7 Å². The maximum atomic E-state index is 13.0. The Hall–Kier alpha value is -3.66. The topological polar surface area (TPSA) is 66.4 Å². The van der Waals surface area contributed by atoms with Crippen LogP contribution in [0, 0.1) is 13.8 Å². The first-order valence-electron chi connectivity index (χ1n) is 10.7. The molecule has 1 aliphatic rings. The van der Waals surface area contributed by atoms with Crippen molar-refractivity contribution in [3.05, 3.63) is 106 Å². The Morgan fingerprint density at radius 3 is 2.22 bits per heavy atom. The number of aromatic carboxylic acids is 1. The standard InChI is InChI=1S/C28H27NO3/c1-17-5-11-22(18(2)15-17)23-13-14-28(3,4)25-12-8-20(16-24(23)25)26(30)29-21-9-6-19(7-10-21)27(31)32/h5-13,15-16H,14H2,1-4H3,(H,29,30)(H,31,32). The van der Waals surface area contributed by atoms with Gasteiger partial charge in [-0.05, 0) is 89.9 Å². The quantitative estimate of drug-likeness (QED) is 0.511. The summed E-state index contributed by atoms with van der Waals surface area (Å²) in [5, 5.41) is 11.9. The van der Waals surface area contributed by atoms with Crippen molar-refractivity contribution in [1.82, 2.24) is 0 Å². The van der Waals surface area contributed by atoms with Gasteiger partial charge in [0.1, 0.15) is 0 Å². The Morgan fingerprint density at radius 1 is 0.875 bits per heavy atom. The Bertz CT molecular complexity index is 1250. The number of hydrogen-bond acceptors (Lipinski definition) is 2. The molecule has 0 fully saturated rings. The molecule has 1 amide bonds. The molecule has 0 aliphatic heterocycles. The number of hydrogen-bond donors (Lipinski definition) is 2. The Labute approximate surface area is 188 Å².